The lowest BCUT2D eigenvalue weighted by molar-refractivity contribution is 0.101. The van der Waals surface area contributed by atoms with E-state index in [1.165, 1.54) is 6.92 Å². The van der Waals surface area contributed by atoms with E-state index in [2.05, 4.69) is 0 Å². The third-order valence-corrected chi connectivity index (χ3v) is 3.20. The molecule has 0 unspecified atom stereocenters. The van der Waals surface area contributed by atoms with Crippen molar-refractivity contribution in [1.29, 1.82) is 5.26 Å². The molecule has 0 aliphatic rings. The van der Waals surface area contributed by atoms with Gasteiger partial charge in [-0.1, -0.05) is 11.6 Å². The van der Waals surface area contributed by atoms with Crippen molar-refractivity contribution in [3.05, 3.63) is 31.9 Å². The first-order valence-corrected chi connectivity index (χ1v) is 4.92. The molecule has 0 N–H and O–H groups in total. The Hall–Kier alpha value is -0.600. The average Bonchev–Trinajstić information content (AvgIpc) is 2.09. The lowest BCUT2D eigenvalue weighted by atomic mass is 10.1. The molecular weight excluding hydrogens is 300 g/mol. The van der Waals surface area contributed by atoms with Crippen LogP contribution in [0, 0.1) is 14.9 Å². The fourth-order valence-corrected chi connectivity index (χ4v) is 1.61. The summed E-state index contributed by atoms with van der Waals surface area (Å²) in [6.07, 6.45) is 0. The van der Waals surface area contributed by atoms with Crippen molar-refractivity contribution in [1.82, 2.24) is 0 Å². The van der Waals surface area contributed by atoms with E-state index < -0.39 is 0 Å². The predicted molar refractivity (Wildman–Crippen MR) is 58.9 cm³/mol. The summed E-state index contributed by atoms with van der Waals surface area (Å²) in [5, 5.41) is 9.14. The SMILES string of the molecule is CC(=O)c1ccc(I)c(Cl)c1C#N. The molecule has 4 heteroatoms. The molecule has 0 aliphatic heterocycles. The zero-order valence-corrected chi connectivity index (χ0v) is 9.68. The normalized spacial score (nSPS) is 9.38. The Kier molecular flexibility index (Phi) is 3.28. The van der Waals surface area contributed by atoms with E-state index in [0.29, 0.717) is 10.6 Å². The highest BCUT2D eigenvalue weighted by Gasteiger charge is 2.12. The number of benzene rings is 1. The van der Waals surface area contributed by atoms with Crippen molar-refractivity contribution in [2.75, 3.05) is 0 Å². The molecule has 66 valence electrons. The zero-order chi connectivity index (χ0) is 10.0. The van der Waals surface area contributed by atoms with E-state index in [0.717, 1.165) is 3.57 Å². The van der Waals surface area contributed by atoms with Crippen molar-refractivity contribution in [2.24, 2.45) is 0 Å². The molecule has 0 radical (unpaired) electrons. The second kappa shape index (κ2) is 4.07. The molecule has 0 bridgehead atoms. The van der Waals surface area contributed by atoms with Crippen LogP contribution in [0.5, 0.6) is 0 Å². The van der Waals surface area contributed by atoms with Crippen LogP contribution in [0.15, 0.2) is 12.1 Å². The van der Waals surface area contributed by atoms with E-state index in [9.17, 15) is 4.79 Å². The Labute approximate surface area is 94.6 Å². The van der Waals surface area contributed by atoms with Crippen molar-refractivity contribution in [2.45, 2.75) is 6.92 Å². The monoisotopic (exact) mass is 305 g/mol. The Balaban J connectivity index is 3.50. The van der Waals surface area contributed by atoms with Gasteiger partial charge >= 0.3 is 0 Å². The van der Waals surface area contributed by atoms with Crippen LogP contribution < -0.4 is 0 Å². The van der Waals surface area contributed by atoms with Crippen LogP contribution in [-0.2, 0) is 0 Å². The van der Waals surface area contributed by atoms with Crippen molar-refractivity contribution >= 4 is 40.0 Å². The van der Waals surface area contributed by atoms with Crippen LogP contribution in [0.4, 0.5) is 0 Å². The van der Waals surface area contributed by atoms with Crippen LogP contribution in [-0.4, -0.2) is 5.78 Å². The van der Waals surface area contributed by atoms with Gasteiger partial charge in [0.25, 0.3) is 0 Å². The number of carbonyl (C=O) groups excluding carboxylic acids is 1. The summed E-state index contributed by atoms with van der Waals surface area (Å²) in [5.41, 5.74) is 0.647. The number of rotatable bonds is 1. The lowest BCUT2D eigenvalue weighted by Crippen LogP contribution is -1.98. The Bertz CT molecular complexity index is 409. The largest absolute Gasteiger partial charge is 0.294 e. The summed E-state index contributed by atoms with van der Waals surface area (Å²) in [6.45, 7) is 1.42. The molecule has 0 atom stereocenters. The first kappa shape index (κ1) is 10.5. The van der Waals surface area contributed by atoms with Crippen molar-refractivity contribution < 1.29 is 4.79 Å². The smallest absolute Gasteiger partial charge is 0.161 e. The zero-order valence-electron chi connectivity index (χ0n) is 6.77. The van der Waals surface area contributed by atoms with Crippen LogP contribution >= 0.6 is 34.2 Å². The van der Waals surface area contributed by atoms with Gasteiger partial charge in [-0.05, 0) is 41.6 Å². The summed E-state index contributed by atoms with van der Waals surface area (Å²) in [6, 6.07) is 5.27. The fourth-order valence-electron chi connectivity index (χ4n) is 0.953. The maximum absolute atomic E-state index is 11.1. The van der Waals surface area contributed by atoms with Crippen LogP contribution in [0.2, 0.25) is 5.02 Å². The first-order chi connectivity index (χ1) is 6.07. The lowest BCUT2D eigenvalue weighted by Gasteiger charge is -2.02. The summed E-state index contributed by atoms with van der Waals surface area (Å²) in [7, 11) is 0. The van der Waals surface area contributed by atoms with Gasteiger partial charge in [-0.2, -0.15) is 5.26 Å². The molecule has 1 rings (SSSR count). The molecule has 0 saturated carbocycles. The van der Waals surface area contributed by atoms with E-state index in [1.807, 2.05) is 28.7 Å². The number of carbonyl (C=O) groups is 1. The van der Waals surface area contributed by atoms with Crippen LogP contribution in [0.25, 0.3) is 0 Å². The number of nitrogens with zero attached hydrogens (tertiary/aromatic N) is 1. The van der Waals surface area contributed by atoms with Crippen LogP contribution in [0.3, 0.4) is 0 Å². The van der Waals surface area contributed by atoms with Gasteiger partial charge in [0.1, 0.15) is 6.07 Å². The molecule has 1 aromatic carbocycles. The van der Waals surface area contributed by atoms with E-state index >= 15 is 0 Å². The molecule has 0 heterocycles. The maximum Gasteiger partial charge on any atom is 0.161 e. The highest BCUT2D eigenvalue weighted by atomic mass is 127. The molecule has 13 heavy (non-hydrogen) atoms. The maximum atomic E-state index is 11.1. The minimum Gasteiger partial charge on any atom is -0.294 e. The summed E-state index contributed by atoms with van der Waals surface area (Å²) in [4.78, 5) is 11.1. The van der Waals surface area contributed by atoms with Crippen LogP contribution in [0.1, 0.15) is 22.8 Å². The molecule has 0 amide bonds. The summed E-state index contributed by atoms with van der Waals surface area (Å²) < 4.78 is 0.779. The Morgan fingerprint density at radius 2 is 2.23 bits per heavy atom. The molecule has 0 fully saturated rings. The first-order valence-electron chi connectivity index (χ1n) is 3.47. The minimum absolute atomic E-state index is 0.144. The quantitative estimate of drug-likeness (QED) is 0.591. The van der Waals surface area contributed by atoms with E-state index in [-0.39, 0.29) is 11.3 Å². The molecule has 2 nitrogen and oxygen atoms in total. The second-order valence-electron chi connectivity index (χ2n) is 2.45. The molecule has 0 aromatic heterocycles. The fraction of sp³-hybridized carbons (Fsp3) is 0.111. The van der Waals surface area contributed by atoms with Gasteiger partial charge in [0.15, 0.2) is 5.78 Å². The van der Waals surface area contributed by atoms with Crippen molar-refractivity contribution in [3.8, 4) is 6.07 Å². The molecule has 1 aromatic rings. The molecule has 0 spiro atoms. The summed E-state index contributed by atoms with van der Waals surface area (Å²) >= 11 is 7.88. The molecule has 0 aliphatic carbocycles. The van der Waals surface area contributed by atoms with Gasteiger partial charge in [0.05, 0.1) is 10.6 Å². The summed E-state index contributed by atoms with van der Waals surface area (Å²) in [5.74, 6) is -0.144. The third kappa shape index (κ3) is 2.01. The number of Topliss-reactive ketones (excluding diaryl/α,β-unsaturated/α-hetero) is 1. The van der Waals surface area contributed by atoms with Gasteiger partial charge in [-0.3, -0.25) is 4.79 Å². The van der Waals surface area contributed by atoms with Gasteiger partial charge in [0, 0.05) is 9.13 Å². The number of hydrogen-bond donors (Lipinski definition) is 0. The van der Waals surface area contributed by atoms with Gasteiger partial charge in [-0.15, -0.1) is 0 Å². The highest BCUT2D eigenvalue weighted by molar-refractivity contribution is 14.1. The third-order valence-electron chi connectivity index (χ3n) is 1.59. The number of halogens is 2. The van der Waals surface area contributed by atoms with Gasteiger partial charge in [0.2, 0.25) is 0 Å². The average molecular weight is 306 g/mol. The van der Waals surface area contributed by atoms with Crippen molar-refractivity contribution in [3.63, 3.8) is 0 Å². The number of ketones is 1. The topological polar surface area (TPSA) is 40.9 Å². The van der Waals surface area contributed by atoms with Gasteiger partial charge < -0.3 is 0 Å². The predicted octanol–water partition coefficient (Wildman–Crippen LogP) is 3.02. The Morgan fingerprint density at radius 1 is 1.62 bits per heavy atom. The number of nitriles is 1. The molecule has 0 saturated heterocycles. The number of hydrogen-bond acceptors (Lipinski definition) is 2. The van der Waals surface area contributed by atoms with E-state index in [1.54, 1.807) is 12.1 Å². The highest BCUT2D eigenvalue weighted by Crippen LogP contribution is 2.25. The standard InChI is InChI=1S/C9H5ClINO/c1-5(13)6-2-3-8(11)9(10)7(6)4-12/h2-3H,1H3. The minimum atomic E-state index is -0.144. The molecular formula is C9H5ClINO. The Morgan fingerprint density at radius 3 is 2.69 bits per heavy atom. The van der Waals surface area contributed by atoms with E-state index in [4.69, 9.17) is 16.9 Å². The second-order valence-corrected chi connectivity index (χ2v) is 3.99. The van der Waals surface area contributed by atoms with Gasteiger partial charge in [-0.25, -0.2) is 0 Å².